The van der Waals surface area contributed by atoms with E-state index in [-0.39, 0.29) is 23.9 Å². The molecule has 4 heteroatoms. The number of esters is 1. The fraction of sp³-hybridized carbons (Fsp3) is 0.913. The molecule has 1 fully saturated rings. The maximum atomic E-state index is 12.6. The molecule has 0 radical (unpaired) electrons. The quantitative estimate of drug-likeness (QED) is 0.259. The van der Waals surface area contributed by atoms with Crippen LogP contribution in [0.1, 0.15) is 117 Å². The van der Waals surface area contributed by atoms with Crippen molar-refractivity contribution < 1.29 is 19.4 Å². The molecule has 158 valence electrons. The predicted octanol–water partition coefficient (Wildman–Crippen LogP) is 6.51. The van der Waals surface area contributed by atoms with Gasteiger partial charge < -0.3 is 9.84 Å². The van der Waals surface area contributed by atoms with Gasteiger partial charge in [-0.25, -0.2) is 0 Å². The number of carbonyl (C=O) groups is 2. The van der Waals surface area contributed by atoms with E-state index < -0.39 is 5.97 Å². The van der Waals surface area contributed by atoms with Gasteiger partial charge in [0.05, 0.1) is 11.8 Å². The molecule has 0 spiro atoms. The minimum Gasteiger partial charge on any atom is -0.481 e. The van der Waals surface area contributed by atoms with E-state index >= 15 is 0 Å². The number of carboxylic acid groups (broad SMARTS) is 1. The van der Waals surface area contributed by atoms with Crippen molar-refractivity contribution in [2.45, 2.75) is 123 Å². The Bertz CT molecular complexity index is 407. The van der Waals surface area contributed by atoms with Crippen LogP contribution in [-0.2, 0) is 14.3 Å². The fourth-order valence-electron chi connectivity index (χ4n) is 4.10. The molecule has 1 aliphatic carbocycles. The molecule has 1 aliphatic rings. The maximum absolute atomic E-state index is 12.6. The zero-order chi connectivity index (χ0) is 19.9. The van der Waals surface area contributed by atoms with Crippen molar-refractivity contribution in [2.75, 3.05) is 0 Å². The lowest BCUT2D eigenvalue weighted by atomic mass is 9.81. The van der Waals surface area contributed by atoms with Crippen LogP contribution in [0.5, 0.6) is 0 Å². The van der Waals surface area contributed by atoms with Crippen LogP contribution in [0.4, 0.5) is 0 Å². The number of hydrogen-bond acceptors (Lipinski definition) is 3. The lowest BCUT2D eigenvalue weighted by molar-refractivity contribution is -0.158. The van der Waals surface area contributed by atoms with E-state index in [4.69, 9.17) is 4.74 Å². The van der Waals surface area contributed by atoms with Crippen molar-refractivity contribution >= 4 is 11.9 Å². The van der Waals surface area contributed by atoms with Gasteiger partial charge in [-0.05, 0) is 44.9 Å². The molecule has 0 amide bonds. The summed E-state index contributed by atoms with van der Waals surface area (Å²) < 4.78 is 5.89. The molecule has 3 atom stereocenters. The van der Waals surface area contributed by atoms with Crippen molar-refractivity contribution in [3.63, 3.8) is 0 Å². The SMILES string of the molecule is CCCCCCCCC(CCCCCC)OC(=O)C1CCCC(C(=O)O)C1. The highest BCUT2D eigenvalue weighted by Gasteiger charge is 2.32. The molecule has 27 heavy (non-hydrogen) atoms. The van der Waals surface area contributed by atoms with Gasteiger partial charge in [0.25, 0.3) is 0 Å². The van der Waals surface area contributed by atoms with E-state index in [2.05, 4.69) is 13.8 Å². The second-order valence-electron chi connectivity index (χ2n) is 8.36. The molecule has 1 rings (SSSR count). The smallest absolute Gasteiger partial charge is 0.309 e. The Morgan fingerprint density at radius 1 is 0.852 bits per heavy atom. The molecule has 1 saturated carbocycles. The summed E-state index contributed by atoms with van der Waals surface area (Å²) >= 11 is 0. The Morgan fingerprint density at radius 2 is 1.37 bits per heavy atom. The Kier molecular flexibility index (Phi) is 13.3. The third-order valence-corrected chi connectivity index (χ3v) is 5.90. The molecular formula is C23H42O4. The zero-order valence-corrected chi connectivity index (χ0v) is 17.7. The standard InChI is InChI=1S/C23H42O4/c1-3-5-7-9-10-12-17-21(16-11-8-6-4-2)27-23(26)20-15-13-14-19(18-20)22(24)25/h19-21H,3-18H2,1-2H3,(H,24,25). The topological polar surface area (TPSA) is 63.6 Å². The van der Waals surface area contributed by atoms with Crippen molar-refractivity contribution in [3.05, 3.63) is 0 Å². The summed E-state index contributed by atoms with van der Waals surface area (Å²) in [4.78, 5) is 23.9. The number of carboxylic acids is 1. The first-order chi connectivity index (χ1) is 13.1. The van der Waals surface area contributed by atoms with Gasteiger partial charge in [-0.3, -0.25) is 9.59 Å². The van der Waals surface area contributed by atoms with Crippen LogP contribution in [0.3, 0.4) is 0 Å². The lowest BCUT2D eigenvalue weighted by Gasteiger charge is -2.27. The molecule has 0 aliphatic heterocycles. The van der Waals surface area contributed by atoms with E-state index in [0.717, 1.165) is 38.5 Å². The van der Waals surface area contributed by atoms with Crippen LogP contribution in [0, 0.1) is 11.8 Å². The Balaban J connectivity index is 2.42. The predicted molar refractivity (Wildman–Crippen MR) is 110 cm³/mol. The van der Waals surface area contributed by atoms with Crippen LogP contribution in [0.2, 0.25) is 0 Å². The average molecular weight is 383 g/mol. The van der Waals surface area contributed by atoms with E-state index in [1.807, 2.05) is 0 Å². The molecule has 0 aromatic heterocycles. The molecule has 0 bridgehead atoms. The van der Waals surface area contributed by atoms with Gasteiger partial charge in [0.1, 0.15) is 6.10 Å². The summed E-state index contributed by atoms with van der Waals surface area (Å²) in [5.41, 5.74) is 0. The number of aliphatic carboxylic acids is 1. The molecule has 0 aromatic carbocycles. The highest BCUT2D eigenvalue weighted by Crippen LogP contribution is 2.31. The third-order valence-electron chi connectivity index (χ3n) is 5.90. The van der Waals surface area contributed by atoms with Crippen molar-refractivity contribution in [2.24, 2.45) is 11.8 Å². The summed E-state index contributed by atoms with van der Waals surface area (Å²) in [6.45, 7) is 4.43. The second kappa shape index (κ2) is 14.9. The number of ether oxygens (including phenoxy) is 1. The van der Waals surface area contributed by atoms with E-state index in [0.29, 0.717) is 12.8 Å². The van der Waals surface area contributed by atoms with Gasteiger partial charge >= 0.3 is 11.9 Å². The van der Waals surface area contributed by atoms with Crippen LogP contribution in [0.15, 0.2) is 0 Å². The van der Waals surface area contributed by atoms with Gasteiger partial charge in [0.15, 0.2) is 0 Å². The van der Waals surface area contributed by atoms with Crippen molar-refractivity contribution in [3.8, 4) is 0 Å². The van der Waals surface area contributed by atoms with E-state index in [1.165, 1.54) is 51.4 Å². The van der Waals surface area contributed by atoms with Crippen LogP contribution in [0.25, 0.3) is 0 Å². The number of unbranched alkanes of at least 4 members (excludes halogenated alkanes) is 8. The fourth-order valence-corrected chi connectivity index (χ4v) is 4.10. The zero-order valence-electron chi connectivity index (χ0n) is 17.7. The van der Waals surface area contributed by atoms with Crippen LogP contribution >= 0.6 is 0 Å². The Hall–Kier alpha value is -1.06. The van der Waals surface area contributed by atoms with E-state index in [9.17, 15) is 14.7 Å². The van der Waals surface area contributed by atoms with Gasteiger partial charge in [0.2, 0.25) is 0 Å². The van der Waals surface area contributed by atoms with Crippen LogP contribution < -0.4 is 0 Å². The van der Waals surface area contributed by atoms with Gasteiger partial charge in [-0.15, -0.1) is 0 Å². The highest BCUT2D eigenvalue weighted by molar-refractivity contribution is 5.75. The summed E-state index contributed by atoms with van der Waals surface area (Å²) in [5, 5.41) is 9.24. The molecule has 0 aromatic rings. The largest absolute Gasteiger partial charge is 0.481 e. The molecule has 0 heterocycles. The van der Waals surface area contributed by atoms with Gasteiger partial charge in [0, 0.05) is 0 Å². The first-order valence-corrected chi connectivity index (χ1v) is 11.5. The van der Waals surface area contributed by atoms with Crippen LogP contribution in [-0.4, -0.2) is 23.1 Å². The molecular weight excluding hydrogens is 340 g/mol. The van der Waals surface area contributed by atoms with Gasteiger partial charge in [-0.2, -0.15) is 0 Å². The first-order valence-electron chi connectivity index (χ1n) is 11.5. The Morgan fingerprint density at radius 3 is 1.96 bits per heavy atom. The summed E-state index contributed by atoms with van der Waals surface area (Å²) in [6.07, 6.45) is 16.9. The lowest BCUT2D eigenvalue weighted by Crippen LogP contribution is -2.31. The summed E-state index contributed by atoms with van der Waals surface area (Å²) in [5.74, 6) is -1.51. The normalized spacial score (nSPS) is 21.0. The van der Waals surface area contributed by atoms with Gasteiger partial charge in [-0.1, -0.05) is 71.6 Å². The Labute approximate surface area is 166 Å². The maximum Gasteiger partial charge on any atom is 0.309 e. The first kappa shape index (κ1) is 24.0. The average Bonchev–Trinajstić information content (AvgIpc) is 2.67. The highest BCUT2D eigenvalue weighted by atomic mass is 16.5. The monoisotopic (exact) mass is 382 g/mol. The molecule has 1 N–H and O–H groups in total. The minimum atomic E-state index is -0.768. The molecule has 0 saturated heterocycles. The summed E-state index contributed by atoms with van der Waals surface area (Å²) in [6, 6.07) is 0. The number of rotatable bonds is 15. The number of hydrogen-bond donors (Lipinski definition) is 1. The van der Waals surface area contributed by atoms with E-state index in [1.54, 1.807) is 0 Å². The number of carbonyl (C=O) groups excluding carboxylic acids is 1. The third kappa shape index (κ3) is 10.8. The molecule has 3 unspecified atom stereocenters. The molecule has 4 nitrogen and oxygen atoms in total. The summed E-state index contributed by atoms with van der Waals surface area (Å²) in [7, 11) is 0. The second-order valence-corrected chi connectivity index (χ2v) is 8.36. The minimum absolute atomic E-state index is 0.0192. The van der Waals surface area contributed by atoms with Crippen molar-refractivity contribution in [1.29, 1.82) is 0 Å². The van der Waals surface area contributed by atoms with Crippen molar-refractivity contribution in [1.82, 2.24) is 0 Å².